The van der Waals surface area contributed by atoms with Gasteiger partial charge in [0, 0.05) is 43.8 Å². The van der Waals surface area contributed by atoms with Crippen LogP contribution < -0.4 is 10.1 Å². The number of aromatic nitrogens is 7. The molecule has 31 heavy (non-hydrogen) atoms. The summed E-state index contributed by atoms with van der Waals surface area (Å²) in [5, 5.41) is 18.4. The van der Waals surface area contributed by atoms with Crippen molar-refractivity contribution in [3.8, 4) is 17.1 Å². The average molecular weight is 548 g/mol. The maximum Gasteiger partial charge on any atom is 0.221 e. The van der Waals surface area contributed by atoms with Crippen molar-refractivity contribution >= 4 is 51.5 Å². The van der Waals surface area contributed by atoms with E-state index in [0.717, 1.165) is 44.8 Å². The van der Waals surface area contributed by atoms with E-state index in [1.54, 1.807) is 10.9 Å². The fraction of sp³-hybridized carbons (Fsp3) is 0.300. The Balaban J connectivity index is 1.71. The Kier molecular flexibility index (Phi) is 5.53. The Labute approximate surface area is 194 Å². The Morgan fingerprint density at radius 3 is 2.87 bits per heavy atom. The molecule has 1 atom stereocenters. The van der Waals surface area contributed by atoms with Crippen LogP contribution in [0.4, 0.5) is 0 Å². The number of hydrogen-bond acceptors (Lipinski definition) is 6. The van der Waals surface area contributed by atoms with Crippen LogP contribution in [0.15, 0.2) is 18.5 Å². The lowest BCUT2D eigenvalue weighted by molar-refractivity contribution is 0.288. The maximum absolute atomic E-state index is 6.08. The zero-order valence-electron chi connectivity index (χ0n) is 17.4. The van der Waals surface area contributed by atoms with E-state index in [1.165, 1.54) is 0 Å². The Hall–Kier alpha value is -2.30. The monoisotopic (exact) mass is 548 g/mol. The van der Waals surface area contributed by atoms with Crippen LogP contribution in [0, 0.1) is 6.92 Å². The summed E-state index contributed by atoms with van der Waals surface area (Å²) in [5.74, 6) is 0.707. The standard InChI is InChI=1S/C20H22IN8OP/c1-12-13-4-5-16-14-8-17(23-11-19(14)29(26-16)31-21)15-9-24-28(3)20(15)30-7-6-22-10-18(13)25-27(12)2/h4-5,8-9,11,22,31H,6-7,10H2,1-3H3/b5-4+. The molecule has 1 unspecified atom stereocenters. The SMILES string of the molecule is Cc1c2c(nn1C)CNCCOc1c(cnn1C)-c1cc3c(nn(PI)c3cn1)/C=C/2. The molecule has 1 aliphatic rings. The van der Waals surface area contributed by atoms with Gasteiger partial charge in [0.1, 0.15) is 6.61 Å². The summed E-state index contributed by atoms with van der Waals surface area (Å²) in [6.45, 7) is 3.96. The summed E-state index contributed by atoms with van der Waals surface area (Å²) in [6, 6.07) is 2.08. The zero-order chi connectivity index (χ0) is 21.5. The van der Waals surface area contributed by atoms with Gasteiger partial charge >= 0.3 is 0 Å². The van der Waals surface area contributed by atoms with E-state index in [4.69, 9.17) is 14.8 Å². The molecule has 160 valence electrons. The summed E-state index contributed by atoms with van der Waals surface area (Å²) < 4.78 is 11.7. The van der Waals surface area contributed by atoms with Crippen LogP contribution in [-0.2, 0) is 20.6 Å². The van der Waals surface area contributed by atoms with Gasteiger partial charge in [-0.2, -0.15) is 15.3 Å². The van der Waals surface area contributed by atoms with Gasteiger partial charge in [0.25, 0.3) is 0 Å². The lowest BCUT2D eigenvalue weighted by Gasteiger charge is -2.09. The van der Waals surface area contributed by atoms with E-state index in [-0.39, 0.29) is 0 Å². The van der Waals surface area contributed by atoms with Crippen LogP contribution in [0.1, 0.15) is 22.6 Å². The predicted octanol–water partition coefficient (Wildman–Crippen LogP) is 3.32. The number of pyridine rings is 1. The minimum absolute atomic E-state index is 0.483. The Morgan fingerprint density at radius 1 is 1.16 bits per heavy atom. The van der Waals surface area contributed by atoms with Crippen LogP contribution in [0.2, 0.25) is 0 Å². The average Bonchev–Trinajstić information content (AvgIpc) is 3.40. The van der Waals surface area contributed by atoms with Gasteiger partial charge in [-0.1, -0.05) is 0 Å². The highest BCUT2D eigenvalue weighted by atomic mass is 127. The molecular formula is C20H22IN8OP. The largest absolute Gasteiger partial charge is 0.476 e. The molecule has 5 heterocycles. The predicted molar refractivity (Wildman–Crippen MR) is 132 cm³/mol. The Morgan fingerprint density at radius 2 is 2.03 bits per heavy atom. The number of aryl methyl sites for hydroxylation is 2. The van der Waals surface area contributed by atoms with Gasteiger partial charge in [-0.05, 0) is 47.2 Å². The number of fused-ring (bicyclic) bond motifs is 4. The molecule has 4 aromatic heterocycles. The Bertz CT molecular complexity index is 1300. The molecule has 4 aromatic rings. The molecular weight excluding hydrogens is 526 g/mol. The lowest BCUT2D eigenvalue weighted by atomic mass is 10.1. The number of rotatable bonds is 1. The molecule has 0 spiro atoms. The first-order chi connectivity index (χ1) is 15.1. The molecule has 5 rings (SSSR count). The van der Waals surface area contributed by atoms with Crippen molar-refractivity contribution in [3.63, 3.8) is 0 Å². The minimum Gasteiger partial charge on any atom is -0.476 e. The molecule has 11 heteroatoms. The fourth-order valence-electron chi connectivity index (χ4n) is 3.77. The van der Waals surface area contributed by atoms with Crippen molar-refractivity contribution < 1.29 is 4.74 Å². The van der Waals surface area contributed by atoms with Crippen molar-refractivity contribution in [1.29, 1.82) is 0 Å². The van der Waals surface area contributed by atoms with Crippen LogP contribution in [0.5, 0.6) is 5.88 Å². The highest BCUT2D eigenvalue weighted by Crippen LogP contribution is 2.35. The van der Waals surface area contributed by atoms with Crippen LogP contribution >= 0.6 is 28.4 Å². The first-order valence-electron chi connectivity index (χ1n) is 9.88. The molecule has 0 amide bonds. The van der Waals surface area contributed by atoms with Crippen molar-refractivity contribution in [3.05, 3.63) is 41.1 Å². The summed E-state index contributed by atoms with van der Waals surface area (Å²) in [7, 11) is 3.85. The van der Waals surface area contributed by atoms with E-state index in [0.29, 0.717) is 32.0 Å². The van der Waals surface area contributed by atoms with E-state index < -0.39 is 0 Å². The second-order valence-corrected chi connectivity index (χ2v) is 9.42. The molecule has 0 aromatic carbocycles. The highest BCUT2D eigenvalue weighted by Gasteiger charge is 2.18. The van der Waals surface area contributed by atoms with Gasteiger partial charge in [-0.25, -0.2) is 9.13 Å². The summed E-state index contributed by atoms with van der Waals surface area (Å²) in [5.41, 5.74) is 6.86. The minimum atomic E-state index is 0.483. The summed E-state index contributed by atoms with van der Waals surface area (Å²) >= 11 is 2.34. The molecule has 0 saturated carbocycles. The normalized spacial score (nSPS) is 15.6. The van der Waals surface area contributed by atoms with Gasteiger partial charge in [0.05, 0.1) is 46.9 Å². The summed E-state index contributed by atoms with van der Waals surface area (Å²) in [4.78, 5) is 4.70. The van der Waals surface area contributed by atoms with Gasteiger partial charge in [0.15, 0.2) is 0 Å². The number of halogens is 1. The van der Waals surface area contributed by atoms with Gasteiger partial charge in [-0.3, -0.25) is 9.67 Å². The second-order valence-electron chi connectivity index (χ2n) is 7.38. The first kappa shape index (κ1) is 20.6. The molecule has 9 nitrogen and oxygen atoms in total. The van der Waals surface area contributed by atoms with E-state index in [2.05, 4.69) is 62.7 Å². The molecule has 0 radical (unpaired) electrons. The van der Waals surface area contributed by atoms with Crippen LogP contribution in [0.25, 0.3) is 34.3 Å². The molecule has 2 bridgehead atoms. The topological polar surface area (TPSA) is 87.6 Å². The quantitative estimate of drug-likeness (QED) is 0.290. The first-order valence-corrected chi connectivity index (χ1v) is 13.9. The molecule has 0 fully saturated rings. The smallest absolute Gasteiger partial charge is 0.221 e. The van der Waals surface area contributed by atoms with Crippen molar-refractivity contribution in [2.45, 2.75) is 13.5 Å². The number of ether oxygens (including phenoxy) is 1. The zero-order valence-corrected chi connectivity index (χ0v) is 20.6. The van der Waals surface area contributed by atoms with Gasteiger partial charge in [0.2, 0.25) is 5.88 Å². The van der Waals surface area contributed by atoms with E-state index >= 15 is 0 Å². The van der Waals surface area contributed by atoms with Crippen molar-refractivity contribution in [2.24, 2.45) is 14.1 Å². The van der Waals surface area contributed by atoms with Gasteiger partial charge in [-0.15, -0.1) is 0 Å². The fourth-order valence-corrected chi connectivity index (χ4v) is 5.29. The molecule has 0 saturated heterocycles. The molecule has 1 aliphatic heterocycles. The number of nitrogens with zero attached hydrogens (tertiary/aromatic N) is 7. The summed E-state index contributed by atoms with van der Waals surface area (Å²) in [6.07, 6.45) is 8.37. The number of nitrogens with one attached hydrogen (secondary N) is 1. The van der Waals surface area contributed by atoms with Crippen LogP contribution in [0.3, 0.4) is 0 Å². The highest BCUT2D eigenvalue weighted by molar-refractivity contribution is 14.2. The lowest BCUT2D eigenvalue weighted by Crippen LogP contribution is -2.22. The molecule has 1 N–H and O–H groups in total. The van der Waals surface area contributed by atoms with E-state index in [1.807, 2.05) is 29.4 Å². The second kappa shape index (κ2) is 8.33. The van der Waals surface area contributed by atoms with Gasteiger partial charge < -0.3 is 10.1 Å². The third-order valence-electron chi connectivity index (χ3n) is 5.51. The molecule has 0 aliphatic carbocycles. The number of hydrogen-bond donors (Lipinski definition) is 1. The van der Waals surface area contributed by atoms with Crippen molar-refractivity contribution in [2.75, 3.05) is 13.2 Å². The van der Waals surface area contributed by atoms with Crippen molar-refractivity contribution in [1.82, 2.24) is 39.4 Å². The maximum atomic E-state index is 6.08. The third-order valence-corrected chi connectivity index (χ3v) is 7.38. The third kappa shape index (κ3) is 3.66. The van der Waals surface area contributed by atoms with Crippen LogP contribution in [-0.4, -0.2) is 47.2 Å². The van der Waals surface area contributed by atoms with E-state index in [9.17, 15) is 0 Å².